The Hall–Kier alpha value is -0.940. The van der Waals surface area contributed by atoms with Crippen LogP contribution in [0.1, 0.15) is 32.8 Å². The minimum absolute atomic E-state index is 0.198. The topological polar surface area (TPSA) is 55.2 Å². The molecule has 0 aromatic heterocycles. The van der Waals surface area contributed by atoms with Gasteiger partial charge in [0.25, 0.3) is 5.69 Å². The van der Waals surface area contributed by atoms with Crippen molar-refractivity contribution in [2.45, 2.75) is 39.7 Å². The number of nitro groups is 1. The van der Waals surface area contributed by atoms with E-state index in [2.05, 4.69) is 42.0 Å². The van der Waals surface area contributed by atoms with Gasteiger partial charge < -0.3 is 5.32 Å². The fourth-order valence-electron chi connectivity index (χ4n) is 1.98. The number of halogens is 1. The molecule has 5 heteroatoms. The lowest BCUT2D eigenvalue weighted by molar-refractivity contribution is -0.385. The van der Waals surface area contributed by atoms with Gasteiger partial charge in [0.15, 0.2) is 0 Å². The highest BCUT2D eigenvalue weighted by molar-refractivity contribution is 9.10. The van der Waals surface area contributed by atoms with Crippen molar-refractivity contribution >= 4 is 21.6 Å². The van der Waals surface area contributed by atoms with Crippen molar-refractivity contribution in [1.29, 1.82) is 0 Å². The minimum Gasteiger partial charge on any atom is -0.314 e. The van der Waals surface area contributed by atoms with Gasteiger partial charge in [-0.05, 0) is 38.3 Å². The highest BCUT2D eigenvalue weighted by Crippen LogP contribution is 2.26. The van der Waals surface area contributed by atoms with E-state index in [0.29, 0.717) is 18.4 Å². The molecule has 0 fully saturated rings. The van der Waals surface area contributed by atoms with Crippen molar-refractivity contribution in [2.75, 3.05) is 6.54 Å². The van der Waals surface area contributed by atoms with Crippen LogP contribution < -0.4 is 5.32 Å². The molecule has 0 aliphatic rings. The average molecular weight is 329 g/mol. The predicted molar refractivity (Wildman–Crippen MR) is 81.4 cm³/mol. The van der Waals surface area contributed by atoms with E-state index in [1.165, 1.54) is 0 Å². The van der Waals surface area contributed by atoms with E-state index in [-0.39, 0.29) is 10.6 Å². The van der Waals surface area contributed by atoms with E-state index >= 15 is 0 Å². The summed E-state index contributed by atoms with van der Waals surface area (Å²) in [6.45, 7) is 7.36. The zero-order valence-corrected chi connectivity index (χ0v) is 13.2. The molecule has 0 bridgehead atoms. The lowest BCUT2D eigenvalue weighted by atomic mass is 9.94. The minimum atomic E-state index is -0.309. The first-order valence-corrected chi connectivity index (χ1v) is 7.41. The Morgan fingerprint density at radius 3 is 2.68 bits per heavy atom. The predicted octanol–water partition coefficient (Wildman–Crippen LogP) is 3.92. The van der Waals surface area contributed by atoms with Crippen LogP contribution in [0.25, 0.3) is 0 Å². The Bertz CT molecular complexity index is 437. The van der Waals surface area contributed by atoms with Crippen LogP contribution in [0.3, 0.4) is 0 Å². The van der Waals surface area contributed by atoms with E-state index in [1.54, 1.807) is 6.07 Å². The van der Waals surface area contributed by atoms with Crippen molar-refractivity contribution in [1.82, 2.24) is 5.32 Å². The highest BCUT2D eigenvalue weighted by atomic mass is 79.9. The number of nitrogens with one attached hydrogen (secondary N) is 1. The fraction of sp³-hybridized carbons (Fsp3) is 0.571. The van der Waals surface area contributed by atoms with E-state index < -0.39 is 0 Å². The maximum Gasteiger partial charge on any atom is 0.273 e. The van der Waals surface area contributed by atoms with Crippen LogP contribution in [-0.2, 0) is 6.42 Å². The molecule has 0 saturated carbocycles. The summed E-state index contributed by atoms with van der Waals surface area (Å²) < 4.78 is 0.743. The Balaban J connectivity index is 2.78. The van der Waals surface area contributed by atoms with Gasteiger partial charge in [0.05, 0.1) is 4.92 Å². The van der Waals surface area contributed by atoms with Gasteiger partial charge in [0.2, 0.25) is 0 Å². The van der Waals surface area contributed by atoms with Crippen molar-refractivity contribution in [3.8, 4) is 0 Å². The third kappa shape index (κ3) is 4.91. The first kappa shape index (κ1) is 16.1. The second-order valence-corrected chi connectivity index (χ2v) is 5.87. The molecule has 0 saturated heterocycles. The van der Waals surface area contributed by atoms with E-state index in [4.69, 9.17) is 0 Å². The van der Waals surface area contributed by atoms with Crippen molar-refractivity contribution < 1.29 is 4.92 Å². The van der Waals surface area contributed by atoms with Gasteiger partial charge >= 0.3 is 0 Å². The highest BCUT2D eigenvalue weighted by Gasteiger charge is 2.19. The molecule has 4 nitrogen and oxygen atoms in total. The third-order valence-corrected chi connectivity index (χ3v) is 3.85. The Kier molecular flexibility index (Phi) is 6.45. The Labute approximate surface area is 122 Å². The molecule has 0 aliphatic carbocycles. The summed E-state index contributed by atoms with van der Waals surface area (Å²) in [7, 11) is 0. The monoisotopic (exact) mass is 328 g/mol. The largest absolute Gasteiger partial charge is 0.314 e. The summed E-state index contributed by atoms with van der Waals surface area (Å²) >= 11 is 3.28. The molecule has 19 heavy (non-hydrogen) atoms. The molecule has 0 amide bonds. The van der Waals surface area contributed by atoms with E-state index in [1.807, 2.05) is 12.1 Å². The van der Waals surface area contributed by atoms with Gasteiger partial charge in [-0.1, -0.05) is 35.8 Å². The maximum absolute atomic E-state index is 11.1. The summed E-state index contributed by atoms with van der Waals surface area (Å²) in [5, 5.41) is 14.5. The zero-order valence-electron chi connectivity index (χ0n) is 11.6. The second kappa shape index (κ2) is 7.60. The number of benzene rings is 1. The van der Waals surface area contributed by atoms with Gasteiger partial charge in [0, 0.05) is 22.1 Å². The summed E-state index contributed by atoms with van der Waals surface area (Å²) in [5.74, 6) is 0.353. The number of hydrogen-bond donors (Lipinski definition) is 1. The van der Waals surface area contributed by atoms with Gasteiger partial charge in [-0.25, -0.2) is 0 Å². The van der Waals surface area contributed by atoms with E-state index in [9.17, 15) is 10.1 Å². The van der Waals surface area contributed by atoms with Gasteiger partial charge in [-0.3, -0.25) is 10.1 Å². The van der Waals surface area contributed by atoms with Crippen LogP contribution in [0.15, 0.2) is 22.7 Å². The van der Waals surface area contributed by atoms with Crippen LogP contribution >= 0.6 is 15.9 Å². The molecule has 106 valence electrons. The maximum atomic E-state index is 11.1. The smallest absolute Gasteiger partial charge is 0.273 e. The third-order valence-electron chi connectivity index (χ3n) is 3.36. The Morgan fingerprint density at radius 2 is 2.11 bits per heavy atom. The molecule has 1 rings (SSSR count). The zero-order chi connectivity index (χ0) is 14.4. The SMILES string of the molecule is CCCNC(C)C(C)Cc1ccc(Br)cc1[N+](=O)[O-]. The molecule has 1 N–H and O–H groups in total. The molecular weight excluding hydrogens is 308 g/mol. The van der Waals surface area contributed by atoms with E-state index in [0.717, 1.165) is 23.0 Å². The van der Waals surface area contributed by atoms with Crippen molar-refractivity contribution in [3.05, 3.63) is 38.3 Å². The molecule has 1 aromatic rings. The summed E-state index contributed by atoms with van der Waals surface area (Å²) in [4.78, 5) is 10.8. The second-order valence-electron chi connectivity index (χ2n) is 4.95. The summed E-state index contributed by atoms with van der Waals surface area (Å²) in [6, 6.07) is 5.62. The quantitative estimate of drug-likeness (QED) is 0.609. The van der Waals surface area contributed by atoms with Crippen LogP contribution in [0.4, 0.5) is 5.69 Å². The van der Waals surface area contributed by atoms with Crippen LogP contribution in [0, 0.1) is 16.0 Å². The summed E-state index contributed by atoms with van der Waals surface area (Å²) in [6.07, 6.45) is 1.80. The molecular formula is C14H21BrN2O2. The standard InChI is InChI=1S/C14H21BrN2O2/c1-4-7-16-11(3)10(2)8-12-5-6-13(15)9-14(12)17(18)19/h5-6,9-11,16H,4,7-8H2,1-3H3. The molecule has 0 aliphatic heterocycles. The normalized spacial score (nSPS) is 14.1. The molecule has 0 heterocycles. The molecule has 0 spiro atoms. The lowest BCUT2D eigenvalue weighted by Crippen LogP contribution is -2.33. The van der Waals surface area contributed by atoms with Crippen LogP contribution in [-0.4, -0.2) is 17.5 Å². The first-order chi connectivity index (χ1) is 8.95. The van der Waals surface area contributed by atoms with Crippen LogP contribution in [0.5, 0.6) is 0 Å². The number of hydrogen-bond acceptors (Lipinski definition) is 3. The van der Waals surface area contributed by atoms with Crippen molar-refractivity contribution in [2.24, 2.45) is 5.92 Å². The number of nitrogens with zero attached hydrogens (tertiary/aromatic N) is 1. The molecule has 0 radical (unpaired) electrons. The van der Waals surface area contributed by atoms with Gasteiger partial charge in [-0.15, -0.1) is 0 Å². The Morgan fingerprint density at radius 1 is 1.42 bits per heavy atom. The number of rotatable bonds is 7. The molecule has 1 aromatic carbocycles. The first-order valence-electron chi connectivity index (χ1n) is 6.61. The lowest BCUT2D eigenvalue weighted by Gasteiger charge is -2.21. The average Bonchev–Trinajstić information content (AvgIpc) is 2.37. The molecule has 2 unspecified atom stereocenters. The van der Waals surface area contributed by atoms with Gasteiger partial charge in [-0.2, -0.15) is 0 Å². The van der Waals surface area contributed by atoms with Gasteiger partial charge in [0.1, 0.15) is 0 Å². The fourth-order valence-corrected chi connectivity index (χ4v) is 2.33. The molecule has 2 atom stereocenters. The van der Waals surface area contributed by atoms with Crippen molar-refractivity contribution in [3.63, 3.8) is 0 Å². The van der Waals surface area contributed by atoms with Crippen LogP contribution in [0.2, 0.25) is 0 Å². The summed E-state index contributed by atoms with van der Waals surface area (Å²) in [5.41, 5.74) is 0.995. The number of nitro benzene ring substituents is 1.